The van der Waals surface area contributed by atoms with E-state index in [0.29, 0.717) is 4.68 Å². The summed E-state index contributed by atoms with van der Waals surface area (Å²) in [6, 6.07) is 0. The topological polar surface area (TPSA) is 30.7 Å². The van der Waals surface area contributed by atoms with E-state index in [9.17, 15) is 22.0 Å². The molecular weight excluding hydrogens is 410 g/mol. The number of nitrogens with zero attached hydrogens (tertiary/aromatic N) is 3. The van der Waals surface area contributed by atoms with Gasteiger partial charge in [0.15, 0.2) is 5.69 Å². The van der Waals surface area contributed by atoms with E-state index in [2.05, 4.69) is 10.3 Å². The van der Waals surface area contributed by atoms with Crippen molar-refractivity contribution in [2.24, 2.45) is 0 Å². The zero-order valence-corrected chi connectivity index (χ0v) is 13.6. The largest absolute Gasteiger partial charge is 0.459 e. The zero-order chi connectivity index (χ0) is 16.9. The maximum atomic E-state index is 13.5. The molecule has 122 valence electrons. The van der Waals surface area contributed by atoms with E-state index < -0.39 is 31.6 Å². The van der Waals surface area contributed by atoms with E-state index in [4.69, 9.17) is 58.0 Å². The van der Waals surface area contributed by atoms with Crippen molar-refractivity contribution >= 4 is 58.0 Å². The molecule has 1 heterocycles. The van der Waals surface area contributed by atoms with Gasteiger partial charge in [0.2, 0.25) is 8.13 Å². The van der Waals surface area contributed by atoms with Gasteiger partial charge in [-0.15, -0.1) is 5.10 Å². The van der Waals surface area contributed by atoms with Gasteiger partial charge in [-0.3, -0.25) is 0 Å². The van der Waals surface area contributed by atoms with E-state index in [1.54, 1.807) is 0 Å². The normalized spacial score (nSPS) is 14.6. The SMILES string of the molecule is CCn1nnc(C(F)(F)C(F)(F)F)c1C(Cl)(Cl)C(Cl)(Cl)Cl. The van der Waals surface area contributed by atoms with Crippen molar-refractivity contribution in [2.75, 3.05) is 0 Å². The number of aromatic nitrogens is 3. The fraction of sp³-hybridized carbons (Fsp3) is 0.750. The second kappa shape index (κ2) is 5.70. The minimum atomic E-state index is -5.95. The molecule has 0 saturated heterocycles. The van der Waals surface area contributed by atoms with Crippen LogP contribution in [0, 0.1) is 0 Å². The average Bonchev–Trinajstić information content (AvgIpc) is 2.70. The molecule has 0 atom stereocenters. The lowest BCUT2D eigenvalue weighted by molar-refractivity contribution is -0.291. The fourth-order valence-corrected chi connectivity index (χ4v) is 1.97. The van der Waals surface area contributed by atoms with Crippen LogP contribution in [0.15, 0.2) is 0 Å². The fourth-order valence-electron chi connectivity index (χ4n) is 1.33. The Morgan fingerprint density at radius 1 is 1.00 bits per heavy atom. The van der Waals surface area contributed by atoms with E-state index in [1.165, 1.54) is 6.92 Å². The van der Waals surface area contributed by atoms with Gasteiger partial charge in [-0.25, -0.2) is 4.68 Å². The first-order valence-electron chi connectivity index (χ1n) is 5.01. The molecule has 0 radical (unpaired) electrons. The summed E-state index contributed by atoms with van der Waals surface area (Å²) in [4.78, 5) is 0. The molecule has 0 aliphatic heterocycles. The van der Waals surface area contributed by atoms with Gasteiger partial charge in [-0.05, 0) is 6.92 Å². The van der Waals surface area contributed by atoms with Crippen molar-refractivity contribution in [1.82, 2.24) is 15.0 Å². The third-order valence-corrected chi connectivity index (χ3v) is 4.70. The molecule has 1 aromatic rings. The summed E-state index contributed by atoms with van der Waals surface area (Å²) in [5.74, 6) is -5.37. The highest BCUT2D eigenvalue weighted by molar-refractivity contribution is 6.75. The summed E-state index contributed by atoms with van der Waals surface area (Å²) in [6.07, 6.45) is -5.95. The molecule has 0 N–H and O–H groups in total. The van der Waals surface area contributed by atoms with Crippen LogP contribution in [0.3, 0.4) is 0 Å². The smallest absolute Gasteiger partial charge is 0.246 e. The summed E-state index contributed by atoms with van der Waals surface area (Å²) < 4.78 is 59.7. The number of aryl methyl sites for hydroxylation is 1. The van der Waals surface area contributed by atoms with Gasteiger partial charge in [-0.1, -0.05) is 63.2 Å². The van der Waals surface area contributed by atoms with Crippen LogP contribution in [0.2, 0.25) is 0 Å². The Hall–Kier alpha value is 0.240. The van der Waals surface area contributed by atoms with Crippen molar-refractivity contribution in [2.45, 2.75) is 33.7 Å². The third kappa shape index (κ3) is 3.29. The molecule has 0 saturated carbocycles. The van der Waals surface area contributed by atoms with Crippen LogP contribution >= 0.6 is 58.0 Å². The lowest BCUT2D eigenvalue weighted by atomic mass is 10.1. The molecule has 0 fully saturated rings. The average molecular weight is 415 g/mol. The highest BCUT2D eigenvalue weighted by atomic mass is 35.6. The predicted molar refractivity (Wildman–Crippen MR) is 69.3 cm³/mol. The molecule has 0 aliphatic rings. The summed E-state index contributed by atoms with van der Waals surface area (Å²) in [6.45, 7) is 1.19. The molecule has 13 heteroatoms. The standard InChI is InChI=1S/C8H5Cl5F5N3/c1-2-21-4(5(9,10)7(11,12)13)3(19-20-21)6(14,15)8(16,17)18/h2H2,1H3. The van der Waals surface area contributed by atoms with Gasteiger partial charge >= 0.3 is 12.1 Å². The Bertz CT molecular complexity index is 521. The monoisotopic (exact) mass is 413 g/mol. The molecule has 21 heavy (non-hydrogen) atoms. The summed E-state index contributed by atoms with van der Waals surface area (Å²) in [5.41, 5.74) is -2.87. The van der Waals surface area contributed by atoms with Gasteiger partial charge in [0.1, 0.15) is 5.69 Å². The lowest BCUT2D eigenvalue weighted by Gasteiger charge is -2.29. The van der Waals surface area contributed by atoms with Crippen molar-refractivity contribution in [1.29, 1.82) is 0 Å². The van der Waals surface area contributed by atoms with Crippen molar-refractivity contribution in [3.05, 3.63) is 11.4 Å². The number of rotatable bonds is 3. The Balaban J connectivity index is 3.64. The van der Waals surface area contributed by atoms with Crippen LogP contribution in [-0.4, -0.2) is 25.0 Å². The van der Waals surface area contributed by atoms with Gasteiger partial charge in [0.05, 0.1) is 0 Å². The summed E-state index contributed by atoms with van der Waals surface area (Å²) in [7, 11) is 0. The Kier molecular flexibility index (Phi) is 5.24. The highest BCUT2D eigenvalue weighted by Gasteiger charge is 2.65. The molecule has 0 amide bonds. The van der Waals surface area contributed by atoms with E-state index in [-0.39, 0.29) is 6.54 Å². The van der Waals surface area contributed by atoms with Gasteiger partial charge in [0.25, 0.3) is 0 Å². The first kappa shape index (κ1) is 19.3. The maximum Gasteiger partial charge on any atom is 0.459 e. The van der Waals surface area contributed by atoms with Crippen LogP contribution in [0.1, 0.15) is 18.3 Å². The van der Waals surface area contributed by atoms with Gasteiger partial charge < -0.3 is 0 Å². The molecule has 3 nitrogen and oxygen atoms in total. The second-order valence-corrected chi connectivity index (χ2v) is 7.36. The zero-order valence-electron chi connectivity index (χ0n) is 9.83. The second-order valence-electron chi connectivity index (χ2n) is 3.75. The molecular formula is C8H5Cl5F5N3. The highest BCUT2D eigenvalue weighted by Crippen LogP contribution is 2.56. The molecule has 0 spiro atoms. The lowest BCUT2D eigenvalue weighted by Crippen LogP contribution is -2.39. The van der Waals surface area contributed by atoms with Crippen molar-refractivity contribution in [3.8, 4) is 0 Å². The van der Waals surface area contributed by atoms with Gasteiger partial charge in [0, 0.05) is 6.54 Å². The molecule has 0 aliphatic carbocycles. The van der Waals surface area contributed by atoms with Crippen LogP contribution < -0.4 is 0 Å². The quantitative estimate of drug-likeness (QED) is 0.517. The van der Waals surface area contributed by atoms with E-state index in [0.717, 1.165) is 0 Å². The number of halogens is 10. The Morgan fingerprint density at radius 3 is 1.81 bits per heavy atom. The van der Waals surface area contributed by atoms with E-state index in [1.807, 2.05) is 0 Å². The van der Waals surface area contributed by atoms with Crippen LogP contribution in [0.5, 0.6) is 0 Å². The van der Waals surface area contributed by atoms with Crippen LogP contribution in [0.25, 0.3) is 0 Å². The molecule has 1 aromatic heterocycles. The van der Waals surface area contributed by atoms with Crippen molar-refractivity contribution in [3.63, 3.8) is 0 Å². The Labute approximate surface area is 140 Å². The Morgan fingerprint density at radius 2 is 1.48 bits per heavy atom. The summed E-state index contributed by atoms with van der Waals surface area (Å²) >= 11 is 27.7. The van der Waals surface area contributed by atoms with E-state index >= 15 is 0 Å². The molecule has 1 rings (SSSR count). The van der Waals surface area contributed by atoms with Crippen molar-refractivity contribution < 1.29 is 22.0 Å². The predicted octanol–water partition coefficient (Wildman–Crippen LogP) is 4.95. The van der Waals surface area contributed by atoms with Crippen LogP contribution in [0.4, 0.5) is 22.0 Å². The first-order valence-corrected chi connectivity index (χ1v) is 6.90. The molecule has 0 bridgehead atoms. The molecule has 0 unspecified atom stereocenters. The van der Waals surface area contributed by atoms with Crippen LogP contribution in [-0.2, 0) is 16.8 Å². The van der Waals surface area contributed by atoms with Gasteiger partial charge in [-0.2, -0.15) is 22.0 Å². The minimum absolute atomic E-state index is 0.182. The maximum absolute atomic E-state index is 13.5. The number of hydrogen-bond donors (Lipinski definition) is 0. The first-order chi connectivity index (χ1) is 9.18. The molecule has 0 aromatic carbocycles. The third-order valence-electron chi connectivity index (χ3n) is 2.34. The number of alkyl halides is 10. The summed E-state index contributed by atoms with van der Waals surface area (Å²) in [5, 5.41) is 5.94. The minimum Gasteiger partial charge on any atom is -0.246 e. The number of hydrogen-bond acceptors (Lipinski definition) is 2.